The van der Waals surface area contributed by atoms with Crippen LogP contribution in [0.1, 0.15) is 18.2 Å². The lowest BCUT2D eigenvalue weighted by Crippen LogP contribution is -2.34. The number of aryl methyl sites for hydroxylation is 2. The quantitative estimate of drug-likeness (QED) is 0.769. The van der Waals surface area contributed by atoms with Crippen molar-refractivity contribution >= 4 is 28.4 Å². The summed E-state index contributed by atoms with van der Waals surface area (Å²) in [6, 6.07) is 5.85. The molecule has 1 amide bonds. The maximum Gasteiger partial charge on any atom is 0.219 e. The smallest absolute Gasteiger partial charge is 0.219 e. The Morgan fingerprint density at radius 1 is 1.17 bits per heavy atom. The summed E-state index contributed by atoms with van der Waals surface area (Å²) < 4.78 is 1.90. The summed E-state index contributed by atoms with van der Waals surface area (Å²) in [6.45, 7) is 2.94. The first kappa shape index (κ1) is 14.7. The summed E-state index contributed by atoms with van der Waals surface area (Å²) >= 11 is 0. The molecule has 1 N–H and O–H groups in total. The molecule has 3 aromatic rings. The van der Waals surface area contributed by atoms with Gasteiger partial charge in [0.2, 0.25) is 5.91 Å². The van der Waals surface area contributed by atoms with Crippen molar-refractivity contribution < 1.29 is 4.79 Å². The second kappa shape index (κ2) is 5.33. The number of benzene rings is 1. The van der Waals surface area contributed by atoms with Crippen molar-refractivity contribution in [2.45, 2.75) is 19.9 Å². The molecule has 0 saturated carbocycles. The molecule has 24 heavy (non-hydrogen) atoms. The maximum absolute atomic E-state index is 11.7. The van der Waals surface area contributed by atoms with Crippen molar-refractivity contribution in [1.29, 1.82) is 0 Å². The number of carbonyl (C=O) groups excluding carboxylic acids is 1. The van der Waals surface area contributed by atoms with E-state index < -0.39 is 0 Å². The molecule has 0 spiro atoms. The Bertz CT molecular complexity index is 939. The van der Waals surface area contributed by atoms with Gasteiger partial charge in [0.1, 0.15) is 11.0 Å². The van der Waals surface area contributed by atoms with Gasteiger partial charge in [-0.15, -0.1) is 0 Å². The molecule has 2 aromatic heterocycles. The van der Waals surface area contributed by atoms with Gasteiger partial charge < -0.3 is 10.2 Å². The number of nitrogens with zero attached hydrogens (tertiary/aromatic N) is 6. The van der Waals surface area contributed by atoms with Crippen LogP contribution >= 0.6 is 0 Å². The molecule has 0 fully saturated rings. The Balaban J connectivity index is 1.68. The first-order valence-corrected chi connectivity index (χ1v) is 7.89. The lowest BCUT2D eigenvalue weighted by atomic mass is 10.1. The van der Waals surface area contributed by atoms with Crippen LogP contribution in [0.4, 0.5) is 11.5 Å². The van der Waals surface area contributed by atoms with Crippen molar-refractivity contribution in [2.24, 2.45) is 14.1 Å². The number of hydrogen-bond acceptors (Lipinski definition) is 5. The Morgan fingerprint density at radius 3 is 2.75 bits per heavy atom. The van der Waals surface area contributed by atoms with E-state index in [1.165, 1.54) is 5.69 Å². The van der Waals surface area contributed by atoms with E-state index in [2.05, 4.69) is 20.6 Å². The number of anilines is 2. The zero-order valence-corrected chi connectivity index (χ0v) is 13.9. The molecule has 8 heteroatoms. The van der Waals surface area contributed by atoms with Crippen LogP contribution in [-0.2, 0) is 31.9 Å². The van der Waals surface area contributed by atoms with Gasteiger partial charge in [-0.3, -0.25) is 9.48 Å². The van der Waals surface area contributed by atoms with Gasteiger partial charge in [0.15, 0.2) is 5.82 Å². The molecule has 0 bridgehead atoms. The molecule has 1 aliphatic heterocycles. The molecule has 124 valence electrons. The van der Waals surface area contributed by atoms with E-state index in [0.29, 0.717) is 6.54 Å². The van der Waals surface area contributed by atoms with Crippen molar-refractivity contribution in [2.75, 3.05) is 11.9 Å². The minimum absolute atomic E-state index is 0.0939. The number of rotatable bonds is 2. The first-order valence-electron chi connectivity index (χ1n) is 7.89. The first-order chi connectivity index (χ1) is 11.5. The number of aromatic nitrogens is 5. The molecule has 8 nitrogen and oxygen atoms in total. The summed E-state index contributed by atoms with van der Waals surface area (Å²) in [5.74, 6) is 0.887. The van der Waals surface area contributed by atoms with Crippen LogP contribution in [-0.4, -0.2) is 42.1 Å². The molecule has 0 unspecified atom stereocenters. The van der Waals surface area contributed by atoms with E-state index in [1.54, 1.807) is 18.8 Å². The summed E-state index contributed by atoms with van der Waals surface area (Å²) in [7, 11) is 3.75. The van der Waals surface area contributed by atoms with Gasteiger partial charge in [-0.1, -0.05) is 0 Å². The fourth-order valence-corrected chi connectivity index (χ4v) is 3.20. The van der Waals surface area contributed by atoms with E-state index in [-0.39, 0.29) is 5.91 Å². The fraction of sp³-hybridized carbons (Fsp3) is 0.375. The molecular weight excluding hydrogens is 306 g/mol. The lowest BCUT2D eigenvalue weighted by molar-refractivity contribution is -0.129. The van der Waals surface area contributed by atoms with Crippen molar-refractivity contribution in [3.63, 3.8) is 0 Å². The highest BCUT2D eigenvalue weighted by atomic mass is 16.2. The second-order valence-electron chi connectivity index (χ2n) is 6.11. The van der Waals surface area contributed by atoms with Gasteiger partial charge in [-0.25, -0.2) is 0 Å². The molecule has 0 atom stereocenters. The Kier molecular flexibility index (Phi) is 3.26. The second-order valence-corrected chi connectivity index (χ2v) is 6.11. The van der Waals surface area contributed by atoms with Crippen LogP contribution in [0.3, 0.4) is 0 Å². The zero-order chi connectivity index (χ0) is 16.8. The third kappa shape index (κ3) is 2.40. The largest absolute Gasteiger partial charge is 0.338 e. The number of nitrogens with one attached hydrogen (secondary N) is 1. The summed E-state index contributed by atoms with van der Waals surface area (Å²) in [5.41, 5.74) is 4.85. The zero-order valence-electron chi connectivity index (χ0n) is 13.9. The predicted molar refractivity (Wildman–Crippen MR) is 89.8 cm³/mol. The fourth-order valence-electron chi connectivity index (χ4n) is 3.20. The molecule has 1 aliphatic rings. The van der Waals surface area contributed by atoms with Crippen LogP contribution < -0.4 is 5.32 Å². The highest BCUT2D eigenvalue weighted by Gasteiger charge is 2.25. The molecule has 4 rings (SSSR count). The highest BCUT2D eigenvalue weighted by Crippen LogP contribution is 2.28. The number of amides is 1. The molecule has 0 aliphatic carbocycles. The van der Waals surface area contributed by atoms with Crippen molar-refractivity contribution in [3.8, 4) is 0 Å². The summed E-state index contributed by atoms with van der Waals surface area (Å²) in [6.07, 6.45) is 0.823. The Hall–Kier alpha value is -2.90. The minimum atomic E-state index is 0.0939. The molecule has 1 aromatic carbocycles. The van der Waals surface area contributed by atoms with Crippen LogP contribution in [0.25, 0.3) is 11.0 Å². The summed E-state index contributed by atoms with van der Waals surface area (Å²) in [4.78, 5) is 15.1. The topological polar surface area (TPSA) is 80.9 Å². The third-order valence-electron chi connectivity index (χ3n) is 4.43. The average Bonchev–Trinajstić information content (AvgIpc) is 3.06. The third-order valence-corrected chi connectivity index (χ3v) is 4.43. The standard InChI is InChI=1S/C16H19N7O/c1-10(24)23-7-6-15-12(9-23)16(20-21(15)2)17-11-4-5-13-14(8-11)19-22(3)18-13/h4-5,8H,6-7,9H2,1-3H3,(H,17,20). The lowest BCUT2D eigenvalue weighted by Gasteiger charge is -2.26. The van der Waals surface area contributed by atoms with Gasteiger partial charge in [0.25, 0.3) is 0 Å². The van der Waals surface area contributed by atoms with Gasteiger partial charge in [0.05, 0.1) is 6.54 Å². The minimum Gasteiger partial charge on any atom is -0.338 e. The van der Waals surface area contributed by atoms with Crippen LogP contribution in [0, 0.1) is 0 Å². The van der Waals surface area contributed by atoms with E-state index in [9.17, 15) is 4.79 Å². The van der Waals surface area contributed by atoms with Gasteiger partial charge in [-0.2, -0.15) is 20.1 Å². The predicted octanol–water partition coefficient (Wildman–Crippen LogP) is 1.35. The van der Waals surface area contributed by atoms with Gasteiger partial charge >= 0.3 is 0 Å². The van der Waals surface area contributed by atoms with Crippen molar-refractivity contribution in [3.05, 3.63) is 29.5 Å². The van der Waals surface area contributed by atoms with Crippen LogP contribution in [0.5, 0.6) is 0 Å². The van der Waals surface area contributed by atoms with Crippen molar-refractivity contribution in [1.82, 2.24) is 29.7 Å². The SMILES string of the molecule is CC(=O)N1CCc2c(c(Nc3ccc4nn(C)nc4c3)nn2C)C1. The normalized spacial score (nSPS) is 14.0. The van der Waals surface area contributed by atoms with Gasteiger partial charge in [0, 0.05) is 50.9 Å². The maximum atomic E-state index is 11.7. The number of hydrogen-bond donors (Lipinski definition) is 1. The molecule has 0 saturated heterocycles. The molecular formula is C16H19N7O. The van der Waals surface area contributed by atoms with E-state index in [4.69, 9.17) is 0 Å². The van der Waals surface area contributed by atoms with Crippen LogP contribution in [0.15, 0.2) is 18.2 Å². The van der Waals surface area contributed by atoms with Crippen LogP contribution in [0.2, 0.25) is 0 Å². The van der Waals surface area contributed by atoms with E-state index >= 15 is 0 Å². The summed E-state index contributed by atoms with van der Waals surface area (Å²) in [5, 5.41) is 16.6. The van der Waals surface area contributed by atoms with Gasteiger partial charge in [-0.05, 0) is 18.2 Å². The number of carbonyl (C=O) groups is 1. The Morgan fingerprint density at radius 2 is 1.96 bits per heavy atom. The monoisotopic (exact) mass is 325 g/mol. The van der Waals surface area contributed by atoms with E-state index in [0.717, 1.165) is 41.1 Å². The highest BCUT2D eigenvalue weighted by molar-refractivity contribution is 5.80. The molecule has 0 radical (unpaired) electrons. The number of fused-ring (bicyclic) bond motifs is 2. The average molecular weight is 325 g/mol. The molecule has 3 heterocycles. The Labute approximate surface area is 139 Å². The van der Waals surface area contributed by atoms with E-state index in [1.807, 2.05) is 34.8 Å².